The molecule has 126 valence electrons. The first kappa shape index (κ1) is 17.5. The van der Waals surface area contributed by atoms with E-state index in [9.17, 15) is 9.59 Å². The number of hydrogen-bond donors (Lipinski definition) is 1. The van der Waals surface area contributed by atoms with E-state index in [1.807, 2.05) is 37.3 Å². The molecule has 1 fully saturated rings. The van der Waals surface area contributed by atoms with E-state index in [0.717, 1.165) is 12.0 Å². The van der Waals surface area contributed by atoms with E-state index in [2.05, 4.69) is 5.32 Å². The van der Waals surface area contributed by atoms with Crippen LogP contribution in [0.4, 0.5) is 0 Å². The Morgan fingerprint density at radius 3 is 2.78 bits per heavy atom. The number of carbonyl (C=O) groups is 2. The number of likely N-dealkylation sites (tertiary alicyclic amines) is 1. The van der Waals surface area contributed by atoms with E-state index in [1.54, 1.807) is 11.9 Å². The highest BCUT2D eigenvalue weighted by molar-refractivity contribution is 5.84. The third kappa shape index (κ3) is 4.55. The van der Waals surface area contributed by atoms with Gasteiger partial charge in [-0.25, -0.2) is 0 Å². The Hall–Kier alpha value is -1.88. The molecule has 2 amide bonds. The number of nitrogens with zero attached hydrogens (tertiary/aromatic N) is 1. The summed E-state index contributed by atoms with van der Waals surface area (Å²) < 4.78 is 5.28. The molecule has 0 aliphatic carbocycles. The number of nitrogens with one attached hydrogen (secondary N) is 1. The van der Waals surface area contributed by atoms with Gasteiger partial charge in [0.1, 0.15) is 0 Å². The van der Waals surface area contributed by atoms with E-state index in [-0.39, 0.29) is 23.8 Å². The SMILES string of the molecule is CCOCCCNC(=O)[C@@H]1CCC(=O)N(C)[C@@H]1c1ccccc1. The number of carbonyl (C=O) groups excluding carboxylic acids is 2. The zero-order chi connectivity index (χ0) is 16.7. The molecule has 0 bridgehead atoms. The Morgan fingerprint density at radius 1 is 1.35 bits per heavy atom. The molecule has 23 heavy (non-hydrogen) atoms. The van der Waals surface area contributed by atoms with Crippen molar-refractivity contribution in [3.63, 3.8) is 0 Å². The summed E-state index contributed by atoms with van der Waals surface area (Å²) in [6.07, 6.45) is 1.83. The van der Waals surface area contributed by atoms with E-state index in [0.29, 0.717) is 32.6 Å². The van der Waals surface area contributed by atoms with Crippen LogP contribution >= 0.6 is 0 Å². The maximum Gasteiger partial charge on any atom is 0.225 e. The third-order valence-corrected chi connectivity index (χ3v) is 4.31. The molecule has 1 heterocycles. The van der Waals surface area contributed by atoms with Crippen molar-refractivity contribution in [2.24, 2.45) is 5.92 Å². The largest absolute Gasteiger partial charge is 0.382 e. The normalized spacial score (nSPS) is 21.3. The zero-order valence-corrected chi connectivity index (χ0v) is 14.0. The van der Waals surface area contributed by atoms with E-state index >= 15 is 0 Å². The van der Waals surface area contributed by atoms with Crippen molar-refractivity contribution in [3.8, 4) is 0 Å². The van der Waals surface area contributed by atoms with Gasteiger partial charge >= 0.3 is 0 Å². The van der Waals surface area contributed by atoms with Gasteiger partial charge in [-0.3, -0.25) is 9.59 Å². The summed E-state index contributed by atoms with van der Waals surface area (Å²) in [6.45, 7) is 3.91. The predicted octanol–water partition coefficient (Wildman–Crippen LogP) is 2.14. The lowest BCUT2D eigenvalue weighted by atomic mass is 9.84. The minimum Gasteiger partial charge on any atom is -0.382 e. The summed E-state index contributed by atoms with van der Waals surface area (Å²) in [7, 11) is 1.79. The van der Waals surface area contributed by atoms with Crippen LogP contribution in [0.3, 0.4) is 0 Å². The summed E-state index contributed by atoms with van der Waals surface area (Å²) in [5, 5.41) is 2.99. The lowest BCUT2D eigenvalue weighted by Crippen LogP contribution is -2.46. The Labute approximate surface area is 138 Å². The van der Waals surface area contributed by atoms with Crippen molar-refractivity contribution >= 4 is 11.8 Å². The number of amides is 2. The molecule has 1 aliphatic rings. The van der Waals surface area contributed by atoms with Gasteiger partial charge in [-0.15, -0.1) is 0 Å². The van der Waals surface area contributed by atoms with Gasteiger partial charge in [0.05, 0.1) is 12.0 Å². The summed E-state index contributed by atoms with van der Waals surface area (Å²) in [6, 6.07) is 9.60. The first-order valence-electron chi connectivity index (χ1n) is 8.31. The highest BCUT2D eigenvalue weighted by Gasteiger charge is 2.38. The fourth-order valence-electron chi connectivity index (χ4n) is 3.08. The first-order chi connectivity index (χ1) is 11.1. The molecule has 0 radical (unpaired) electrons. The van der Waals surface area contributed by atoms with Gasteiger partial charge in [0, 0.05) is 33.2 Å². The van der Waals surface area contributed by atoms with Crippen LogP contribution in [0.1, 0.15) is 37.8 Å². The highest BCUT2D eigenvalue weighted by Crippen LogP contribution is 2.35. The van der Waals surface area contributed by atoms with Gasteiger partial charge < -0.3 is 15.0 Å². The lowest BCUT2D eigenvalue weighted by molar-refractivity contribution is -0.141. The van der Waals surface area contributed by atoms with Crippen LogP contribution in [-0.4, -0.2) is 43.5 Å². The van der Waals surface area contributed by atoms with Gasteiger partial charge in [-0.1, -0.05) is 30.3 Å². The van der Waals surface area contributed by atoms with Crippen LogP contribution < -0.4 is 5.32 Å². The fourth-order valence-corrected chi connectivity index (χ4v) is 3.08. The van der Waals surface area contributed by atoms with E-state index in [1.165, 1.54) is 0 Å². The Balaban J connectivity index is 2.02. The molecule has 0 spiro atoms. The van der Waals surface area contributed by atoms with Crippen LogP contribution in [-0.2, 0) is 14.3 Å². The molecule has 2 rings (SSSR count). The molecule has 5 nitrogen and oxygen atoms in total. The molecule has 0 unspecified atom stereocenters. The lowest BCUT2D eigenvalue weighted by Gasteiger charge is -2.38. The van der Waals surface area contributed by atoms with Gasteiger partial charge in [0.2, 0.25) is 11.8 Å². The fraction of sp³-hybridized carbons (Fsp3) is 0.556. The Kier molecular flexibility index (Phi) is 6.59. The van der Waals surface area contributed by atoms with Crippen molar-refractivity contribution in [2.75, 3.05) is 26.8 Å². The van der Waals surface area contributed by atoms with Crippen molar-refractivity contribution in [3.05, 3.63) is 35.9 Å². The Bertz CT molecular complexity index is 518. The van der Waals surface area contributed by atoms with Crippen LogP contribution in [0.2, 0.25) is 0 Å². The van der Waals surface area contributed by atoms with Gasteiger partial charge in [-0.05, 0) is 25.3 Å². The number of benzene rings is 1. The topological polar surface area (TPSA) is 58.6 Å². The van der Waals surface area contributed by atoms with Crippen molar-refractivity contribution < 1.29 is 14.3 Å². The molecule has 0 aromatic heterocycles. The van der Waals surface area contributed by atoms with Gasteiger partial charge in [0.25, 0.3) is 0 Å². The van der Waals surface area contributed by atoms with Gasteiger partial charge in [0.15, 0.2) is 0 Å². The molecule has 1 saturated heterocycles. The summed E-state index contributed by atoms with van der Waals surface area (Å²) in [4.78, 5) is 26.3. The molecule has 0 saturated carbocycles. The number of piperidine rings is 1. The van der Waals surface area contributed by atoms with Crippen molar-refractivity contribution in [2.45, 2.75) is 32.2 Å². The molecule has 5 heteroatoms. The number of rotatable bonds is 7. The average Bonchev–Trinajstić information content (AvgIpc) is 2.57. The van der Waals surface area contributed by atoms with Crippen molar-refractivity contribution in [1.29, 1.82) is 0 Å². The second-order valence-electron chi connectivity index (χ2n) is 5.85. The Morgan fingerprint density at radius 2 is 2.09 bits per heavy atom. The first-order valence-corrected chi connectivity index (χ1v) is 8.31. The van der Waals surface area contributed by atoms with Crippen LogP contribution in [0.25, 0.3) is 0 Å². The number of hydrogen-bond acceptors (Lipinski definition) is 3. The van der Waals surface area contributed by atoms with Gasteiger partial charge in [-0.2, -0.15) is 0 Å². The minimum atomic E-state index is -0.202. The predicted molar refractivity (Wildman–Crippen MR) is 88.8 cm³/mol. The number of ether oxygens (including phenoxy) is 1. The molecule has 1 N–H and O–H groups in total. The van der Waals surface area contributed by atoms with E-state index < -0.39 is 0 Å². The summed E-state index contributed by atoms with van der Waals surface area (Å²) in [5.41, 5.74) is 1.01. The third-order valence-electron chi connectivity index (χ3n) is 4.31. The molecule has 1 aromatic carbocycles. The summed E-state index contributed by atoms with van der Waals surface area (Å²) in [5.74, 6) is -0.0823. The highest BCUT2D eigenvalue weighted by atomic mass is 16.5. The minimum absolute atomic E-state index is 0.0229. The van der Waals surface area contributed by atoms with Crippen LogP contribution in [0.5, 0.6) is 0 Å². The van der Waals surface area contributed by atoms with Crippen LogP contribution in [0.15, 0.2) is 30.3 Å². The standard InChI is InChI=1S/C18H26N2O3/c1-3-23-13-7-12-19-18(22)15-10-11-16(21)20(2)17(15)14-8-5-4-6-9-14/h4-6,8-9,15,17H,3,7,10-13H2,1-2H3,(H,19,22)/t15-,17-/m1/s1. The maximum absolute atomic E-state index is 12.6. The van der Waals surface area contributed by atoms with Crippen molar-refractivity contribution in [1.82, 2.24) is 10.2 Å². The average molecular weight is 318 g/mol. The molecule has 2 atom stereocenters. The zero-order valence-electron chi connectivity index (χ0n) is 14.0. The van der Waals surface area contributed by atoms with E-state index in [4.69, 9.17) is 4.74 Å². The second-order valence-corrected chi connectivity index (χ2v) is 5.85. The second kappa shape index (κ2) is 8.67. The maximum atomic E-state index is 12.6. The smallest absolute Gasteiger partial charge is 0.225 e. The molecule has 1 aromatic rings. The monoisotopic (exact) mass is 318 g/mol. The molecular formula is C18H26N2O3. The molecular weight excluding hydrogens is 292 g/mol. The van der Waals surface area contributed by atoms with Crippen LogP contribution in [0, 0.1) is 5.92 Å². The molecule has 1 aliphatic heterocycles. The summed E-state index contributed by atoms with van der Waals surface area (Å²) >= 11 is 0. The quantitative estimate of drug-likeness (QED) is 0.784.